The molecule has 0 spiro atoms. The maximum atomic E-state index is 13.5. The van der Waals surface area contributed by atoms with Crippen molar-refractivity contribution in [3.63, 3.8) is 0 Å². The quantitative estimate of drug-likeness (QED) is 0.708. The fraction of sp³-hybridized carbons (Fsp3) is 0.435. The molecule has 2 heterocycles. The van der Waals surface area contributed by atoms with Crippen molar-refractivity contribution in [1.82, 2.24) is 4.90 Å². The topological polar surface area (TPSA) is 38.8 Å². The van der Waals surface area contributed by atoms with Crippen molar-refractivity contribution in [2.45, 2.75) is 43.6 Å². The van der Waals surface area contributed by atoms with Gasteiger partial charge >= 0.3 is 5.97 Å². The van der Waals surface area contributed by atoms with Crippen molar-refractivity contribution in [3.8, 4) is 0 Å². The molecule has 6 heteroatoms. The first-order valence-electron chi connectivity index (χ1n) is 9.94. The number of piperidine rings is 1. The Morgan fingerprint density at radius 1 is 1.00 bits per heavy atom. The van der Waals surface area contributed by atoms with Crippen molar-refractivity contribution in [2.75, 3.05) is 14.2 Å². The summed E-state index contributed by atoms with van der Waals surface area (Å²) >= 11 is 0. The van der Waals surface area contributed by atoms with Gasteiger partial charge < -0.3 is 9.47 Å². The molecule has 0 N–H and O–H groups in total. The van der Waals surface area contributed by atoms with Crippen LogP contribution < -0.4 is 0 Å². The Bertz CT molecular complexity index is 810. The molecule has 1 unspecified atom stereocenters. The summed E-state index contributed by atoms with van der Waals surface area (Å²) in [6.45, 7) is 0. The Morgan fingerprint density at radius 2 is 1.55 bits per heavy atom. The molecule has 2 saturated heterocycles. The van der Waals surface area contributed by atoms with Crippen LogP contribution in [0.15, 0.2) is 48.5 Å². The molecule has 154 valence electrons. The summed E-state index contributed by atoms with van der Waals surface area (Å²) < 4.78 is 38.6. The second-order valence-electron chi connectivity index (χ2n) is 7.91. The fourth-order valence-corrected chi connectivity index (χ4v) is 4.81. The van der Waals surface area contributed by atoms with Crippen LogP contribution in [0.4, 0.5) is 8.78 Å². The van der Waals surface area contributed by atoms with Gasteiger partial charge in [0.05, 0.1) is 19.1 Å². The minimum atomic E-state index is -0.531. The van der Waals surface area contributed by atoms with Gasteiger partial charge in [-0.15, -0.1) is 0 Å². The average molecular weight is 401 g/mol. The van der Waals surface area contributed by atoms with Gasteiger partial charge in [0.25, 0.3) is 0 Å². The van der Waals surface area contributed by atoms with Crippen LogP contribution in [0.5, 0.6) is 0 Å². The Kier molecular flexibility index (Phi) is 5.65. The molecule has 2 bridgehead atoms. The van der Waals surface area contributed by atoms with E-state index in [4.69, 9.17) is 9.47 Å². The molecule has 29 heavy (non-hydrogen) atoms. The van der Waals surface area contributed by atoms with E-state index in [2.05, 4.69) is 4.90 Å². The lowest BCUT2D eigenvalue weighted by molar-refractivity contribution is -0.162. The van der Waals surface area contributed by atoms with Crippen molar-refractivity contribution >= 4 is 5.97 Å². The summed E-state index contributed by atoms with van der Waals surface area (Å²) in [6, 6.07) is 12.6. The Balaban J connectivity index is 1.68. The molecule has 2 aromatic rings. The van der Waals surface area contributed by atoms with E-state index in [0.29, 0.717) is 12.5 Å². The molecule has 4 atom stereocenters. The third-order valence-electron chi connectivity index (χ3n) is 6.34. The standard InChI is InChI=1S/C23H25F2NO3/c1-26-18-11-12-19(26)21(23(27)28-2)20(13-18)29-22(14-3-7-16(24)8-4-14)15-5-9-17(25)10-6-15/h3-10,18-22H,11-13H2,1-2H3/t18?,19-,20-,21+/m1/s1. The fourth-order valence-electron chi connectivity index (χ4n) is 4.81. The molecule has 0 radical (unpaired) electrons. The largest absolute Gasteiger partial charge is 0.469 e. The molecule has 0 aliphatic carbocycles. The number of benzene rings is 2. The molecule has 2 aromatic carbocycles. The summed E-state index contributed by atoms with van der Waals surface area (Å²) in [5, 5.41) is 0. The minimum Gasteiger partial charge on any atom is -0.469 e. The lowest BCUT2D eigenvalue weighted by atomic mass is 9.87. The van der Waals surface area contributed by atoms with E-state index in [9.17, 15) is 13.6 Å². The number of hydrogen-bond acceptors (Lipinski definition) is 4. The maximum Gasteiger partial charge on any atom is 0.312 e. The van der Waals surface area contributed by atoms with E-state index in [1.165, 1.54) is 31.4 Å². The van der Waals surface area contributed by atoms with E-state index < -0.39 is 12.0 Å². The zero-order chi connectivity index (χ0) is 20.5. The monoisotopic (exact) mass is 401 g/mol. The van der Waals surface area contributed by atoms with E-state index in [1.54, 1.807) is 24.3 Å². The van der Waals surface area contributed by atoms with E-state index in [-0.39, 0.29) is 29.7 Å². The van der Waals surface area contributed by atoms with Crippen molar-refractivity contribution in [3.05, 3.63) is 71.3 Å². The van der Waals surface area contributed by atoms with Gasteiger partial charge in [-0.25, -0.2) is 8.78 Å². The third-order valence-corrected chi connectivity index (χ3v) is 6.34. The van der Waals surface area contributed by atoms with Crippen LogP contribution in [0.2, 0.25) is 0 Å². The third kappa shape index (κ3) is 3.91. The Labute approximate surface area is 169 Å². The van der Waals surface area contributed by atoms with Gasteiger partial charge in [0.2, 0.25) is 0 Å². The number of carbonyl (C=O) groups is 1. The number of rotatable bonds is 5. The van der Waals surface area contributed by atoms with Crippen LogP contribution in [-0.4, -0.2) is 43.2 Å². The normalized spacial score (nSPS) is 26.7. The maximum absolute atomic E-state index is 13.5. The van der Waals surface area contributed by atoms with Crippen LogP contribution in [-0.2, 0) is 14.3 Å². The average Bonchev–Trinajstić information content (AvgIpc) is 2.96. The Morgan fingerprint density at radius 3 is 2.07 bits per heavy atom. The first kappa shape index (κ1) is 20.0. The van der Waals surface area contributed by atoms with Crippen molar-refractivity contribution < 1.29 is 23.0 Å². The SMILES string of the molecule is COC(=O)[C@H]1[C@H]2CCC(C[C@H]1OC(c1ccc(F)cc1)c1ccc(F)cc1)N2C. The molecular weight excluding hydrogens is 376 g/mol. The molecule has 0 aromatic heterocycles. The van der Waals surface area contributed by atoms with Crippen LogP contribution >= 0.6 is 0 Å². The molecule has 4 nitrogen and oxygen atoms in total. The van der Waals surface area contributed by atoms with Gasteiger partial charge in [-0.3, -0.25) is 9.69 Å². The first-order valence-corrected chi connectivity index (χ1v) is 9.94. The number of esters is 1. The van der Waals surface area contributed by atoms with Crippen LogP contribution in [0, 0.1) is 17.6 Å². The van der Waals surface area contributed by atoms with Gasteiger partial charge in [-0.05, 0) is 61.7 Å². The van der Waals surface area contributed by atoms with Gasteiger partial charge in [-0.1, -0.05) is 24.3 Å². The zero-order valence-electron chi connectivity index (χ0n) is 16.6. The molecule has 0 saturated carbocycles. The number of methoxy groups -OCH3 is 1. The van der Waals surface area contributed by atoms with Crippen LogP contribution in [0.1, 0.15) is 36.5 Å². The second kappa shape index (κ2) is 8.20. The number of halogens is 2. The highest BCUT2D eigenvalue weighted by atomic mass is 19.1. The highest BCUT2D eigenvalue weighted by Gasteiger charge is 2.50. The molecule has 2 aliphatic heterocycles. The van der Waals surface area contributed by atoms with Crippen LogP contribution in [0.3, 0.4) is 0 Å². The summed E-state index contributed by atoms with van der Waals surface area (Å²) in [7, 11) is 3.45. The van der Waals surface area contributed by atoms with E-state index >= 15 is 0 Å². The van der Waals surface area contributed by atoms with Crippen LogP contribution in [0.25, 0.3) is 0 Å². The van der Waals surface area contributed by atoms with E-state index in [0.717, 1.165) is 24.0 Å². The lowest BCUT2D eigenvalue weighted by Gasteiger charge is -2.42. The first-order chi connectivity index (χ1) is 14.0. The highest BCUT2D eigenvalue weighted by Crippen LogP contribution is 2.42. The molecule has 2 fully saturated rings. The van der Waals surface area contributed by atoms with Gasteiger partial charge in [-0.2, -0.15) is 0 Å². The summed E-state index contributed by atoms with van der Waals surface area (Å²) in [4.78, 5) is 14.9. The second-order valence-corrected chi connectivity index (χ2v) is 7.91. The number of hydrogen-bond donors (Lipinski definition) is 0. The summed E-state index contributed by atoms with van der Waals surface area (Å²) in [5.74, 6) is -1.34. The zero-order valence-corrected chi connectivity index (χ0v) is 16.6. The van der Waals surface area contributed by atoms with Crippen molar-refractivity contribution in [1.29, 1.82) is 0 Å². The number of carbonyl (C=O) groups excluding carboxylic acids is 1. The Hall–Kier alpha value is -2.31. The number of nitrogens with zero attached hydrogens (tertiary/aromatic N) is 1. The number of fused-ring (bicyclic) bond motifs is 2. The van der Waals surface area contributed by atoms with Gasteiger partial charge in [0.1, 0.15) is 17.7 Å². The molecule has 2 aliphatic rings. The predicted molar refractivity (Wildman–Crippen MR) is 104 cm³/mol. The molecule has 0 amide bonds. The van der Waals surface area contributed by atoms with Crippen molar-refractivity contribution in [2.24, 2.45) is 5.92 Å². The van der Waals surface area contributed by atoms with Gasteiger partial charge in [0, 0.05) is 12.1 Å². The highest BCUT2D eigenvalue weighted by molar-refractivity contribution is 5.74. The summed E-state index contributed by atoms with van der Waals surface area (Å²) in [6.07, 6.45) is 1.80. The molecular formula is C23H25F2NO3. The smallest absolute Gasteiger partial charge is 0.312 e. The van der Waals surface area contributed by atoms with Gasteiger partial charge in [0.15, 0.2) is 0 Å². The molecule has 4 rings (SSSR count). The minimum absolute atomic E-state index is 0.0771. The summed E-state index contributed by atoms with van der Waals surface area (Å²) in [5.41, 5.74) is 1.51. The van der Waals surface area contributed by atoms with E-state index in [1.807, 2.05) is 7.05 Å². The lowest BCUT2D eigenvalue weighted by Crippen LogP contribution is -2.53. The number of ether oxygens (including phenoxy) is 2. The predicted octanol–water partition coefficient (Wildman–Crippen LogP) is 4.10.